The molecule has 0 saturated carbocycles. The van der Waals surface area contributed by atoms with Gasteiger partial charge in [0.05, 0.1) is 5.69 Å². The number of ether oxygens (including phenoxy) is 1. The minimum Gasteiger partial charge on any atom is -0.482 e. The molecular weight excluding hydrogens is 396 g/mol. The van der Waals surface area contributed by atoms with E-state index in [0.29, 0.717) is 17.3 Å². The quantitative estimate of drug-likeness (QED) is 0.631. The summed E-state index contributed by atoms with van der Waals surface area (Å²) in [6.45, 7) is 3.17. The van der Waals surface area contributed by atoms with Crippen molar-refractivity contribution in [3.05, 3.63) is 66.1 Å². The maximum atomic E-state index is 12.1. The molecule has 2 aromatic carbocycles. The Hall–Kier alpha value is -3.33. The number of hydrogen-bond acceptors (Lipinski definition) is 7. The molecule has 0 N–H and O–H groups in total. The fourth-order valence-corrected chi connectivity index (χ4v) is 4.12. The number of carbonyl (C=O) groups is 1. The van der Waals surface area contributed by atoms with Gasteiger partial charge in [-0.1, -0.05) is 30.3 Å². The highest BCUT2D eigenvalue weighted by atomic mass is 32.2. The summed E-state index contributed by atoms with van der Waals surface area (Å²) in [6, 6.07) is 16.0. The zero-order valence-corrected chi connectivity index (χ0v) is 16.5. The molecule has 1 fully saturated rings. The van der Waals surface area contributed by atoms with Crippen molar-refractivity contribution >= 4 is 22.0 Å². The Balaban J connectivity index is 1.63. The summed E-state index contributed by atoms with van der Waals surface area (Å²) < 4.78 is 41.3. The summed E-state index contributed by atoms with van der Waals surface area (Å²) in [4.78, 5) is 16.0. The smallest absolute Gasteiger partial charge is 0.413 e. The molecule has 0 aliphatic carbocycles. The van der Waals surface area contributed by atoms with Crippen molar-refractivity contribution in [2.75, 3.05) is 10.8 Å². The Morgan fingerprint density at radius 1 is 1.10 bits per heavy atom. The number of nitrogens with zero attached hydrogens (tertiary/aromatic N) is 2. The lowest BCUT2D eigenvalue weighted by molar-refractivity contribution is -0.130. The topological polar surface area (TPSA) is 98.9 Å². The molecule has 1 aliphatic heterocycles. The Labute approximate surface area is 167 Å². The van der Waals surface area contributed by atoms with Crippen LogP contribution < -0.4 is 9.04 Å². The molecule has 1 unspecified atom stereocenters. The Kier molecular flexibility index (Phi) is 4.75. The minimum absolute atomic E-state index is 0.217. The molecule has 0 radical (unpaired) electrons. The van der Waals surface area contributed by atoms with Crippen LogP contribution in [-0.4, -0.2) is 25.9 Å². The van der Waals surface area contributed by atoms with Gasteiger partial charge in [-0.15, -0.1) is 0 Å². The van der Waals surface area contributed by atoms with E-state index in [1.807, 2.05) is 30.3 Å². The van der Waals surface area contributed by atoms with E-state index in [4.69, 9.17) is 9.15 Å². The second-order valence-electron chi connectivity index (χ2n) is 6.47. The molecule has 8 nitrogen and oxygen atoms in total. The van der Waals surface area contributed by atoms with Crippen LogP contribution in [0.2, 0.25) is 0 Å². The molecule has 1 aromatic heterocycles. The summed E-state index contributed by atoms with van der Waals surface area (Å²) in [5.74, 6) is 0.516. The summed E-state index contributed by atoms with van der Waals surface area (Å²) >= 11 is 0. The number of hydrogen-bond donors (Lipinski definition) is 0. The molecule has 2 heterocycles. The third-order valence-corrected chi connectivity index (χ3v) is 5.68. The van der Waals surface area contributed by atoms with Crippen LogP contribution >= 0.6 is 0 Å². The number of benzene rings is 2. The third-order valence-electron chi connectivity index (χ3n) is 4.42. The number of aryl methyl sites for hydroxylation is 1. The van der Waals surface area contributed by atoms with E-state index >= 15 is 0 Å². The zero-order chi connectivity index (χ0) is 20.6. The zero-order valence-electron chi connectivity index (χ0n) is 15.7. The molecule has 1 aliphatic rings. The van der Waals surface area contributed by atoms with Crippen LogP contribution in [0.4, 0.5) is 5.69 Å². The second kappa shape index (κ2) is 7.25. The number of oxazole rings is 1. The molecule has 150 valence electrons. The maximum absolute atomic E-state index is 12.1. The van der Waals surface area contributed by atoms with E-state index in [1.54, 1.807) is 38.1 Å². The van der Waals surface area contributed by atoms with Gasteiger partial charge >= 0.3 is 16.3 Å². The van der Waals surface area contributed by atoms with Crippen molar-refractivity contribution in [1.29, 1.82) is 0 Å². The van der Waals surface area contributed by atoms with Gasteiger partial charge in [-0.25, -0.2) is 14.1 Å². The van der Waals surface area contributed by atoms with Crippen molar-refractivity contribution in [3.63, 3.8) is 0 Å². The predicted molar refractivity (Wildman–Crippen MR) is 105 cm³/mol. The van der Waals surface area contributed by atoms with Crippen molar-refractivity contribution in [3.8, 4) is 17.2 Å². The number of aromatic nitrogens is 1. The maximum Gasteiger partial charge on any atom is 0.413 e. The highest BCUT2D eigenvalue weighted by molar-refractivity contribution is 7.89. The first-order chi connectivity index (χ1) is 13.8. The van der Waals surface area contributed by atoms with Crippen molar-refractivity contribution < 1.29 is 26.5 Å². The van der Waals surface area contributed by atoms with Crippen LogP contribution in [0.15, 0.2) is 59.0 Å². The van der Waals surface area contributed by atoms with Crippen LogP contribution in [0.5, 0.6) is 5.75 Å². The summed E-state index contributed by atoms with van der Waals surface area (Å²) in [6.07, 6.45) is -0.528. The van der Waals surface area contributed by atoms with E-state index < -0.39 is 28.9 Å². The fraction of sp³-hybridized carbons (Fsp3) is 0.200. The standard InChI is InChI=1S/C20H18N2O6S/c1-13(19-14(2)27-20(21-19)15-8-4-3-5-9-15)26-17-11-7-6-10-16(17)22-12-18(23)28-29(22,24)25/h3-11,13H,12H2,1-2H3. The number of carbonyl (C=O) groups excluding carboxylic acids is 1. The van der Waals surface area contributed by atoms with E-state index in [0.717, 1.165) is 9.87 Å². The van der Waals surface area contributed by atoms with E-state index in [9.17, 15) is 13.2 Å². The predicted octanol–water partition coefficient (Wildman–Crippen LogP) is 3.40. The van der Waals surface area contributed by atoms with Gasteiger partial charge < -0.3 is 13.3 Å². The Morgan fingerprint density at radius 3 is 2.48 bits per heavy atom. The average Bonchev–Trinajstić information content (AvgIpc) is 3.21. The molecule has 0 amide bonds. The fourth-order valence-electron chi connectivity index (χ4n) is 3.09. The SMILES string of the molecule is Cc1oc(-c2ccccc2)nc1C(C)Oc1ccccc1N1CC(=O)OS1(=O)=O. The van der Waals surface area contributed by atoms with Gasteiger partial charge in [0.2, 0.25) is 5.89 Å². The first-order valence-corrected chi connectivity index (χ1v) is 10.2. The highest BCUT2D eigenvalue weighted by Crippen LogP contribution is 2.36. The lowest BCUT2D eigenvalue weighted by Gasteiger charge is -2.20. The van der Waals surface area contributed by atoms with E-state index in [-0.39, 0.29) is 11.4 Å². The molecule has 9 heteroatoms. The minimum atomic E-state index is -4.18. The van der Waals surface area contributed by atoms with Gasteiger partial charge in [-0.05, 0) is 38.1 Å². The number of anilines is 1. The molecule has 29 heavy (non-hydrogen) atoms. The van der Waals surface area contributed by atoms with Crippen LogP contribution in [0.1, 0.15) is 24.5 Å². The summed E-state index contributed by atoms with van der Waals surface area (Å²) in [5, 5.41) is 0. The largest absolute Gasteiger partial charge is 0.482 e. The van der Waals surface area contributed by atoms with E-state index in [1.165, 1.54) is 0 Å². The van der Waals surface area contributed by atoms with Crippen LogP contribution in [0.25, 0.3) is 11.5 Å². The monoisotopic (exact) mass is 414 g/mol. The molecule has 4 rings (SSSR count). The first-order valence-electron chi connectivity index (χ1n) is 8.88. The van der Waals surface area contributed by atoms with Gasteiger partial charge in [0.15, 0.2) is 0 Å². The van der Waals surface area contributed by atoms with Gasteiger partial charge in [-0.3, -0.25) is 0 Å². The molecule has 0 spiro atoms. The molecule has 0 bridgehead atoms. The normalized spacial score (nSPS) is 16.5. The van der Waals surface area contributed by atoms with Crippen LogP contribution in [0.3, 0.4) is 0 Å². The first kappa shape index (κ1) is 19.0. The second-order valence-corrected chi connectivity index (χ2v) is 7.94. The average molecular weight is 414 g/mol. The van der Waals surface area contributed by atoms with Crippen LogP contribution in [-0.2, 0) is 19.3 Å². The highest BCUT2D eigenvalue weighted by Gasteiger charge is 2.38. The number of rotatable bonds is 5. The van der Waals surface area contributed by atoms with E-state index in [2.05, 4.69) is 9.17 Å². The van der Waals surface area contributed by atoms with Crippen LogP contribution in [0, 0.1) is 6.92 Å². The molecule has 1 saturated heterocycles. The summed E-state index contributed by atoms with van der Waals surface area (Å²) in [5.41, 5.74) is 1.65. The van der Waals surface area contributed by atoms with Crippen molar-refractivity contribution in [1.82, 2.24) is 4.98 Å². The van der Waals surface area contributed by atoms with Crippen molar-refractivity contribution in [2.45, 2.75) is 20.0 Å². The van der Waals surface area contributed by atoms with Gasteiger partial charge in [0, 0.05) is 5.56 Å². The Morgan fingerprint density at radius 2 is 1.79 bits per heavy atom. The molecular formula is C20H18N2O6S. The summed E-state index contributed by atoms with van der Waals surface area (Å²) in [7, 11) is -4.18. The number of para-hydroxylation sites is 2. The lowest BCUT2D eigenvalue weighted by Crippen LogP contribution is -2.25. The van der Waals surface area contributed by atoms with Gasteiger partial charge in [0.1, 0.15) is 29.9 Å². The molecule has 3 aromatic rings. The Bertz CT molecular complexity index is 1160. The third kappa shape index (κ3) is 3.68. The van der Waals surface area contributed by atoms with Gasteiger partial charge in [-0.2, -0.15) is 8.42 Å². The molecule has 1 atom stereocenters. The van der Waals surface area contributed by atoms with Gasteiger partial charge in [0.25, 0.3) is 0 Å². The van der Waals surface area contributed by atoms with Crippen molar-refractivity contribution in [2.24, 2.45) is 0 Å². The lowest BCUT2D eigenvalue weighted by atomic mass is 10.2.